The van der Waals surface area contributed by atoms with Gasteiger partial charge in [-0.1, -0.05) is 0 Å². The lowest BCUT2D eigenvalue weighted by Crippen LogP contribution is -2.45. The number of nitriles is 2. The SMILES string of the molecule is CO[C@@H]1C[C@@H]2CC(N)C3(CC3)[C@@H]2C1.CO[C@@H]1C[C@@H]2CC(NCC(=O)N3C[C@@H](F)C[C@H]3C#N)C3(CC3)[C@@H]2C1.N#C[C@@H]1C[C@H](F)CN1C(=O)CCl. The Kier molecular flexibility index (Phi) is 11.1. The van der Waals surface area contributed by atoms with Crippen molar-refractivity contribution < 1.29 is 27.8 Å². The van der Waals surface area contributed by atoms with Gasteiger partial charge in [-0.2, -0.15) is 10.5 Å². The van der Waals surface area contributed by atoms with E-state index >= 15 is 0 Å². The largest absolute Gasteiger partial charge is 0.381 e. The monoisotopic (exact) mass is 706 g/mol. The van der Waals surface area contributed by atoms with Gasteiger partial charge in [-0.25, -0.2) is 8.78 Å². The molecule has 13 heteroatoms. The van der Waals surface area contributed by atoms with Gasteiger partial charge in [-0.3, -0.25) is 9.59 Å². The highest BCUT2D eigenvalue weighted by atomic mass is 35.5. The number of carbonyl (C=O) groups is 2. The summed E-state index contributed by atoms with van der Waals surface area (Å²) in [6, 6.07) is 3.58. The zero-order chi connectivity index (χ0) is 35.1. The van der Waals surface area contributed by atoms with Crippen molar-refractivity contribution in [2.45, 2.75) is 126 Å². The summed E-state index contributed by atoms with van der Waals surface area (Å²) in [6.07, 6.45) is 11.6. The molecule has 0 radical (unpaired) electrons. The first-order valence-corrected chi connectivity index (χ1v) is 18.8. The molecule has 10 nitrogen and oxygen atoms in total. The smallest absolute Gasteiger partial charge is 0.238 e. The number of alkyl halides is 3. The van der Waals surface area contributed by atoms with Crippen LogP contribution in [0.1, 0.15) is 77.0 Å². The number of methoxy groups -OCH3 is 2. The summed E-state index contributed by atoms with van der Waals surface area (Å²) in [4.78, 5) is 26.0. The van der Waals surface area contributed by atoms with Crippen molar-refractivity contribution in [3.05, 3.63) is 0 Å². The van der Waals surface area contributed by atoms with E-state index in [2.05, 4.69) is 5.32 Å². The Labute approximate surface area is 294 Å². The van der Waals surface area contributed by atoms with Crippen LogP contribution in [-0.2, 0) is 19.1 Å². The van der Waals surface area contributed by atoms with Crippen LogP contribution in [0.5, 0.6) is 0 Å². The first kappa shape index (κ1) is 36.7. The second-order valence-electron chi connectivity index (χ2n) is 16.1. The molecule has 49 heavy (non-hydrogen) atoms. The number of nitrogens with one attached hydrogen (secondary N) is 1. The van der Waals surface area contributed by atoms with Crippen LogP contribution in [-0.4, -0.2) is 110 Å². The number of nitrogens with zero attached hydrogens (tertiary/aromatic N) is 4. The number of amides is 2. The molecule has 2 amide bonds. The second kappa shape index (κ2) is 14.9. The normalized spacial score (nSPS) is 41.3. The molecule has 0 aromatic heterocycles. The highest BCUT2D eigenvalue weighted by Gasteiger charge is 2.64. The first-order chi connectivity index (χ1) is 23.5. The lowest BCUT2D eigenvalue weighted by molar-refractivity contribution is -0.130. The molecule has 272 valence electrons. The van der Waals surface area contributed by atoms with Crippen molar-refractivity contribution in [3.63, 3.8) is 0 Å². The van der Waals surface area contributed by atoms with E-state index in [1.807, 2.05) is 19.2 Å². The number of carbonyl (C=O) groups excluding carboxylic acids is 2. The van der Waals surface area contributed by atoms with Crippen molar-refractivity contribution in [3.8, 4) is 12.1 Å². The summed E-state index contributed by atoms with van der Waals surface area (Å²) in [7, 11) is 3.66. The summed E-state index contributed by atoms with van der Waals surface area (Å²) in [6.45, 7) is 0.295. The maximum Gasteiger partial charge on any atom is 0.238 e. The highest BCUT2D eigenvalue weighted by molar-refractivity contribution is 6.27. The van der Waals surface area contributed by atoms with Gasteiger partial charge in [0.05, 0.1) is 44.0 Å². The molecule has 8 rings (SSSR count). The fourth-order valence-corrected chi connectivity index (χ4v) is 11.0. The Morgan fingerprint density at radius 3 is 1.76 bits per heavy atom. The van der Waals surface area contributed by atoms with Crippen molar-refractivity contribution in [2.75, 3.05) is 39.7 Å². The van der Waals surface area contributed by atoms with Crippen LogP contribution >= 0.6 is 11.6 Å². The summed E-state index contributed by atoms with van der Waals surface area (Å²) >= 11 is 5.28. The quantitative estimate of drug-likeness (QED) is 0.397. The van der Waals surface area contributed by atoms with Crippen LogP contribution in [0.15, 0.2) is 0 Å². The predicted molar refractivity (Wildman–Crippen MR) is 178 cm³/mol. The van der Waals surface area contributed by atoms with Crippen LogP contribution in [0.4, 0.5) is 8.78 Å². The molecule has 3 N–H and O–H groups in total. The Balaban J connectivity index is 0.000000140. The molecule has 2 spiro atoms. The molecular weight excluding hydrogens is 654 g/mol. The van der Waals surface area contributed by atoms with Crippen LogP contribution in [0.3, 0.4) is 0 Å². The molecular formula is C36H53ClF2N6O4. The number of nitrogens with two attached hydrogens (primary N) is 1. The average molecular weight is 707 g/mol. The third-order valence-electron chi connectivity index (χ3n) is 13.7. The zero-order valence-electron chi connectivity index (χ0n) is 28.9. The summed E-state index contributed by atoms with van der Waals surface area (Å²) in [5.41, 5.74) is 7.15. The fraction of sp³-hybridized carbons (Fsp3) is 0.889. The molecule has 2 heterocycles. The number of rotatable bonds is 6. The van der Waals surface area contributed by atoms with E-state index in [1.54, 1.807) is 7.11 Å². The molecule has 0 aromatic carbocycles. The van der Waals surface area contributed by atoms with Gasteiger partial charge in [0.15, 0.2) is 0 Å². The van der Waals surface area contributed by atoms with Gasteiger partial charge in [-0.05, 0) is 98.7 Å². The lowest BCUT2D eigenvalue weighted by atomic mass is 9.87. The maximum absolute atomic E-state index is 13.5. The Morgan fingerprint density at radius 2 is 1.29 bits per heavy atom. The minimum absolute atomic E-state index is 0.00375. The molecule has 8 aliphatic rings. The predicted octanol–water partition coefficient (Wildman–Crippen LogP) is 3.86. The first-order valence-electron chi connectivity index (χ1n) is 18.3. The number of ether oxygens (including phenoxy) is 2. The summed E-state index contributed by atoms with van der Waals surface area (Å²) in [5, 5.41) is 21.1. The highest BCUT2D eigenvalue weighted by Crippen LogP contribution is 2.68. The molecule has 6 saturated carbocycles. The van der Waals surface area contributed by atoms with E-state index in [1.165, 1.54) is 54.7 Å². The lowest BCUT2D eigenvalue weighted by Gasteiger charge is -2.27. The number of hydrogen-bond acceptors (Lipinski definition) is 8. The molecule has 2 saturated heterocycles. The van der Waals surface area contributed by atoms with E-state index in [-0.39, 0.29) is 50.2 Å². The van der Waals surface area contributed by atoms with Crippen molar-refractivity contribution in [1.82, 2.24) is 15.1 Å². The van der Waals surface area contributed by atoms with E-state index < -0.39 is 24.4 Å². The minimum atomic E-state index is -1.08. The van der Waals surface area contributed by atoms with Gasteiger partial charge in [0.1, 0.15) is 30.3 Å². The fourth-order valence-electron chi connectivity index (χ4n) is 10.9. The van der Waals surface area contributed by atoms with Gasteiger partial charge in [-0.15, -0.1) is 11.6 Å². The maximum atomic E-state index is 13.5. The van der Waals surface area contributed by atoms with Crippen molar-refractivity contribution >= 4 is 23.4 Å². The number of fused-ring (bicyclic) bond motifs is 4. The molecule has 8 fully saturated rings. The van der Waals surface area contributed by atoms with Crippen LogP contribution in [0, 0.1) is 57.2 Å². The van der Waals surface area contributed by atoms with Gasteiger partial charge >= 0.3 is 0 Å². The third-order valence-corrected chi connectivity index (χ3v) is 13.9. The van der Waals surface area contributed by atoms with Crippen molar-refractivity contribution in [1.29, 1.82) is 10.5 Å². The van der Waals surface area contributed by atoms with Crippen molar-refractivity contribution in [2.24, 2.45) is 40.2 Å². The molecule has 2 aliphatic heterocycles. The Bertz CT molecular complexity index is 1300. The van der Waals surface area contributed by atoms with Gasteiger partial charge in [0.25, 0.3) is 0 Å². The summed E-state index contributed by atoms with van der Waals surface area (Å²) in [5.74, 6) is 2.54. The molecule has 12 atom stereocenters. The van der Waals surface area contributed by atoms with Crippen LogP contribution < -0.4 is 11.1 Å². The van der Waals surface area contributed by atoms with Gasteiger partial charge < -0.3 is 30.3 Å². The number of hydrogen-bond donors (Lipinski definition) is 2. The van der Waals surface area contributed by atoms with E-state index in [4.69, 9.17) is 37.3 Å². The van der Waals surface area contributed by atoms with E-state index in [9.17, 15) is 18.4 Å². The second-order valence-corrected chi connectivity index (χ2v) is 16.3. The Morgan fingerprint density at radius 1 is 0.796 bits per heavy atom. The van der Waals surface area contributed by atoms with Gasteiger partial charge in [0, 0.05) is 39.1 Å². The molecule has 6 aliphatic carbocycles. The van der Waals surface area contributed by atoms with Gasteiger partial charge in [0.2, 0.25) is 11.8 Å². The van der Waals surface area contributed by atoms with E-state index in [0.717, 1.165) is 37.0 Å². The number of likely N-dealkylation sites (tertiary alicyclic amines) is 2. The summed E-state index contributed by atoms with van der Waals surface area (Å²) < 4.78 is 37.2. The zero-order valence-corrected chi connectivity index (χ0v) is 29.6. The molecule has 2 unspecified atom stereocenters. The molecule has 0 aromatic rings. The van der Waals surface area contributed by atoms with Crippen LogP contribution in [0.2, 0.25) is 0 Å². The van der Waals surface area contributed by atoms with E-state index in [0.29, 0.717) is 41.0 Å². The Hall–Kier alpha value is -2.09. The number of halogens is 3. The average Bonchev–Trinajstić information content (AvgIpc) is 3.76. The van der Waals surface area contributed by atoms with Crippen LogP contribution in [0.25, 0.3) is 0 Å². The molecule has 0 bridgehead atoms. The third kappa shape index (κ3) is 7.20. The standard InChI is InChI=1S/C18H26FN3O2.C11H19NO.C7H8ClFN2O/c1-24-14-4-11-5-16(18(2-3-18)15(11)7-14)21-9-17(23)22-10-12(19)6-13(22)8-20;1-13-8-4-7-5-10(12)11(2-3-11)9(7)6-8;8-2-7(12)11-4-5(9)1-6(11)3-10/h11-16,21H,2-7,9-10H2,1H3;7-10H,2-6,12H2,1H3;5-6H,1-2,4H2/t11-,12+,13+,14-,15-,16?;7-,8-,9-,10?;5-,6-/m110/s1. The topological polar surface area (TPSA) is 145 Å². The minimum Gasteiger partial charge on any atom is -0.381 e.